The summed E-state index contributed by atoms with van der Waals surface area (Å²) in [6, 6.07) is 6.85. The number of carbonyl (C=O) groups excluding carboxylic acids is 1. The van der Waals surface area contributed by atoms with Crippen LogP contribution < -0.4 is 5.32 Å². The minimum absolute atomic E-state index is 0.0642. The van der Waals surface area contributed by atoms with Gasteiger partial charge in [-0.25, -0.2) is 0 Å². The summed E-state index contributed by atoms with van der Waals surface area (Å²) in [5.41, 5.74) is 0.00634. The maximum atomic E-state index is 12.2. The van der Waals surface area contributed by atoms with Gasteiger partial charge in [-0.2, -0.15) is 13.7 Å². The number of carbonyl (C=O) groups is 1. The van der Waals surface area contributed by atoms with Crippen LogP contribution in [0.15, 0.2) is 40.9 Å². The molecule has 0 radical (unpaired) electrons. The van der Waals surface area contributed by atoms with Gasteiger partial charge in [0.1, 0.15) is 11.6 Å². The van der Waals surface area contributed by atoms with E-state index in [0.717, 1.165) is 12.1 Å². The predicted octanol–water partition coefficient (Wildman–Crippen LogP) is 2.40. The van der Waals surface area contributed by atoms with Gasteiger partial charge in [-0.1, -0.05) is 0 Å². The van der Waals surface area contributed by atoms with Crippen molar-refractivity contribution in [2.24, 2.45) is 0 Å². The number of benzene rings is 1. The Kier molecular flexibility index (Phi) is 6.12. The fourth-order valence-electron chi connectivity index (χ4n) is 1.96. The lowest BCUT2D eigenvalue weighted by atomic mass is 10.1. The van der Waals surface area contributed by atoms with Crippen molar-refractivity contribution in [3.05, 3.63) is 36.0 Å². The number of nitrogens with one attached hydrogen (secondary N) is 1. The van der Waals surface area contributed by atoms with Crippen molar-refractivity contribution in [1.82, 2.24) is 4.90 Å². The molecule has 0 spiro atoms. The Hall–Kier alpha value is -2.37. The molecule has 0 aliphatic heterocycles. The lowest BCUT2D eigenvalue weighted by molar-refractivity contribution is -0.112. The summed E-state index contributed by atoms with van der Waals surface area (Å²) in [6.07, 6.45) is 1.50. The molecule has 0 fully saturated rings. The smallest absolute Gasteiger partial charge is 0.294 e. The van der Waals surface area contributed by atoms with Crippen LogP contribution in [0.3, 0.4) is 0 Å². The molecular weight excluding hydrogens is 330 g/mol. The van der Waals surface area contributed by atoms with Crippen LogP contribution in [0, 0.1) is 11.3 Å². The van der Waals surface area contributed by atoms with Gasteiger partial charge in [-0.05, 0) is 52.0 Å². The molecule has 0 saturated carbocycles. The number of amides is 1. The fraction of sp³-hybridized carbons (Fsp3) is 0.375. The van der Waals surface area contributed by atoms with Gasteiger partial charge in [0.05, 0.1) is 4.90 Å². The first-order chi connectivity index (χ1) is 11.0. The monoisotopic (exact) mass is 351 g/mol. The molecular formula is C16H21N3O4S. The van der Waals surface area contributed by atoms with Gasteiger partial charge >= 0.3 is 0 Å². The largest absolute Gasteiger partial charge is 0.372 e. The van der Waals surface area contributed by atoms with Gasteiger partial charge in [0, 0.05) is 24.0 Å². The van der Waals surface area contributed by atoms with Crippen LogP contribution in [0.4, 0.5) is 5.69 Å². The second-order valence-electron chi connectivity index (χ2n) is 6.06. The van der Waals surface area contributed by atoms with Crippen LogP contribution in [0.25, 0.3) is 0 Å². The minimum atomic E-state index is -4.29. The second kappa shape index (κ2) is 7.47. The number of anilines is 1. The highest BCUT2D eigenvalue weighted by atomic mass is 32.2. The molecule has 1 aromatic rings. The van der Waals surface area contributed by atoms with Crippen molar-refractivity contribution in [2.45, 2.75) is 38.1 Å². The zero-order valence-corrected chi connectivity index (χ0v) is 14.9. The van der Waals surface area contributed by atoms with E-state index in [9.17, 15) is 18.5 Å². The van der Waals surface area contributed by atoms with Crippen molar-refractivity contribution in [1.29, 1.82) is 5.26 Å². The zero-order valence-electron chi connectivity index (χ0n) is 14.1. The van der Waals surface area contributed by atoms with Crippen molar-refractivity contribution in [3.63, 3.8) is 0 Å². The minimum Gasteiger partial charge on any atom is -0.372 e. The third-order valence-corrected chi connectivity index (χ3v) is 4.13. The van der Waals surface area contributed by atoms with E-state index >= 15 is 0 Å². The molecule has 1 amide bonds. The summed E-state index contributed by atoms with van der Waals surface area (Å²) in [5.74, 6) is -0.597. The predicted molar refractivity (Wildman–Crippen MR) is 90.7 cm³/mol. The number of nitriles is 1. The molecule has 130 valence electrons. The van der Waals surface area contributed by atoms with Crippen molar-refractivity contribution in [2.75, 3.05) is 11.9 Å². The van der Waals surface area contributed by atoms with E-state index in [0.29, 0.717) is 12.2 Å². The highest BCUT2D eigenvalue weighted by Crippen LogP contribution is 2.17. The second-order valence-corrected chi connectivity index (χ2v) is 7.49. The molecule has 0 bridgehead atoms. The third-order valence-electron chi connectivity index (χ3n) is 3.26. The van der Waals surface area contributed by atoms with E-state index in [1.165, 1.54) is 18.3 Å². The first kappa shape index (κ1) is 19.7. The van der Waals surface area contributed by atoms with Gasteiger partial charge in [0.2, 0.25) is 0 Å². The van der Waals surface area contributed by atoms with Crippen LogP contribution in [0.5, 0.6) is 0 Å². The van der Waals surface area contributed by atoms with Crippen LogP contribution in [0.2, 0.25) is 0 Å². The van der Waals surface area contributed by atoms with Crippen molar-refractivity contribution in [3.8, 4) is 6.07 Å². The molecule has 1 rings (SSSR count). The average molecular weight is 351 g/mol. The van der Waals surface area contributed by atoms with Gasteiger partial charge in [0.15, 0.2) is 0 Å². The Bertz CT molecular complexity index is 769. The Morgan fingerprint density at radius 2 is 1.88 bits per heavy atom. The molecule has 0 saturated heterocycles. The first-order valence-electron chi connectivity index (χ1n) is 7.26. The summed E-state index contributed by atoms with van der Waals surface area (Å²) in [4.78, 5) is 13.8. The standard InChI is InChI=1S/C16H21N3O4S/c1-5-19(16(2,3)4)11-12(10-17)15(20)18-13-6-8-14(9-7-13)24(21,22)23/h6-9,11H,5H2,1-4H3,(H,18,20)(H,21,22,23)/b12-11-. The normalized spacial score (nSPS) is 12.4. The lowest BCUT2D eigenvalue weighted by Crippen LogP contribution is -2.37. The van der Waals surface area contributed by atoms with Gasteiger partial charge in [-0.15, -0.1) is 0 Å². The molecule has 0 atom stereocenters. The number of hydrogen-bond acceptors (Lipinski definition) is 5. The molecule has 0 aliphatic rings. The maximum Gasteiger partial charge on any atom is 0.294 e. The van der Waals surface area contributed by atoms with Gasteiger partial charge in [0.25, 0.3) is 16.0 Å². The van der Waals surface area contributed by atoms with E-state index in [4.69, 9.17) is 4.55 Å². The van der Waals surface area contributed by atoms with Crippen molar-refractivity contribution < 1.29 is 17.8 Å². The van der Waals surface area contributed by atoms with E-state index in [-0.39, 0.29) is 16.0 Å². The number of hydrogen-bond donors (Lipinski definition) is 2. The van der Waals surface area contributed by atoms with E-state index in [2.05, 4.69) is 5.32 Å². The Morgan fingerprint density at radius 3 is 2.25 bits per heavy atom. The molecule has 0 unspecified atom stereocenters. The molecule has 0 heterocycles. The van der Waals surface area contributed by atoms with E-state index < -0.39 is 16.0 Å². The highest BCUT2D eigenvalue weighted by Gasteiger charge is 2.19. The lowest BCUT2D eigenvalue weighted by Gasteiger charge is -2.33. The third kappa shape index (κ3) is 5.37. The molecule has 0 aromatic heterocycles. The molecule has 7 nitrogen and oxygen atoms in total. The fourth-order valence-corrected chi connectivity index (χ4v) is 2.44. The van der Waals surface area contributed by atoms with E-state index in [1.54, 1.807) is 0 Å². The van der Waals surface area contributed by atoms with Gasteiger partial charge in [-0.3, -0.25) is 9.35 Å². The van der Waals surface area contributed by atoms with E-state index in [1.807, 2.05) is 38.7 Å². The number of rotatable bonds is 5. The molecule has 1 aromatic carbocycles. The Morgan fingerprint density at radius 1 is 1.33 bits per heavy atom. The highest BCUT2D eigenvalue weighted by molar-refractivity contribution is 7.85. The molecule has 0 aliphatic carbocycles. The quantitative estimate of drug-likeness (QED) is 0.479. The van der Waals surface area contributed by atoms with Crippen LogP contribution >= 0.6 is 0 Å². The summed E-state index contributed by atoms with van der Waals surface area (Å²) >= 11 is 0. The zero-order chi connectivity index (χ0) is 18.5. The summed E-state index contributed by atoms with van der Waals surface area (Å²) in [5, 5.41) is 11.7. The Balaban J connectivity index is 2.98. The van der Waals surface area contributed by atoms with Gasteiger partial charge < -0.3 is 10.2 Å². The SMILES string of the molecule is CCN(/C=C(/C#N)C(=O)Nc1ccc(S(=O)(=O)O)cc1)C(C)(C)C. The average Bonchev–Trinajstić information content (AvgIpc) is 2.46. The van der Waals surface area contributed by atoms with Crippen LogP contribution in [0.1, 0.15) is 27.7 Å². The summed E-state index contributed by atoms with van der Waals surface area (Å²) in [7, 11) is -4.29. The number of nitrogens with zero attached hydrogens (tertiary/aromatic N) is 2. The maximum absolute atomic E-state index is 12.2. The Labute approximate surface area is 142 Å². The summed E-state index contributed by atoms with van der Waals surface area (Å²) in [6.45, 7) is 8.45. The van der Waals surface area contributed by atoms with Crippen LogP contribution in [-0.2, 0) is 14.9 Å². The summed E-state index contributed by atoms with van der Waals surface area (Å²) < 4.78 is 30.9. The van der Waals surface area contributed by atoms with Crippen molar-refractivity contribution >= 4 is 21.7 Å². The molecule has 2 N–H and O–H groups in total. The molecule has 24 heavy (non-hydrogen) atoms. The molecule has 8 heteroatoms. The van der Waals surface area contributed by atoms with Crippen LogP contribution in [-0.4, -0.2) is 35.9 Å². The topological polar surface area (TPSA) is 111 Å². The first-order valence-corrected chi connectivity index (χ1v) is 8.70.